The normalized spacial score (nSPS) is 16.4. The second-order valence-electron chi connectivity index (χ2n) is 5.32. The van der Waals surface area contributed by atoms with E-state index in [2.05, 4.69) is 40.0 Å². The Morgan fingerprint density at radius 3 is 2.45 bits per heavy atom. The van der Waals surface area contributed by atoms with Crippen LogP contribution in [0.1, 0.15) is 0 Å². The minimum atomic E-state index is 0.783. The molecule has 0 saturated carbocycles. The van der Waals surface area contributed by atoms with Gasteiger partial charge in [0.15, 0.2) is 0 Å². The molecule has 1 aromatic carbocycles. The van der Waals surface area contributed by atoms with Crippen molar-refractivity contribution in [1.29, 1.82) is 0 Å². The average molecular weight is 268 g/mol. The topological polar surface area (TPSA) is 45.4 Å². The average Bonchev–Trinajstić information content (AvgIpc) is 2.48. The highest BCUT2D eigenvalue weighted by Gasteiger charge is 2.14. The smallest absolute Gasteiger partial charge is 0.128 e. The van der Waals surface area contributed by atoms with Crippen LogP contribution in [0.4, 0.5) is 11.5 Å². The molecule has 0 spiro atoms. The quantitative estimate of drug-likeness (QED) is 0.847. The molecule has 104 valence electrons. The number of aromatic nitrogens is 1. The first-order chi connectivity index (χ1) is 9.72. The maximum atomic E-state index is 5.82. The molecule has 1 saturated heterocycles. The number of nitrogens with two attached hydrogens (primary N) is 1. The van der Waals surface area contributed by atoms with Crippen molar-refractivity contribution in [3.05, 3.63) is 42.6 Å². The monoisotopic (exact) mass is 268 g/mol. The second kappa shape index (κ2) is 5.51. The van der Waals surface area contributed by atoms with E-state index in [1.54, 1.807) is 0 Å². The van der Waals surface area contributed by atoms with Crippen LogP contribution in [0.5, 0.6) is 0 Å². The van der Waals surface area contributed by atoms with Crippen molar-refractivity contribution in [2.24, 2.45) is 0 Å². The van der Waals surface area contributed by atoms with Gasteiger partial charge in [0, 0.05) is 43.6 Å². The first-order valence-electron chi connectivity index (χ1n) is 6.98. The summed E-state index contributed by atoms with van der Waals surface area (Å²) in [6, 6.07) is 12.1. The largest absolute Gasteiger partial charge is 0.399 e. The summed E-state index contributed by atoms with van der Waals surface area (Å²) in [6.45, 7) is 4.28. The van der Waals surface area contributed by atoms with Crippen molar-refractivity contribution < 1.29 is 0 Å². The van der Waals surface area contributed by atoms with Crippen LogP contribution in [0.15, 0.2) is 42.6 Å². The van der Waals surface area contributed by atoms with Crippen LogP contribution in [0.2, 0.25) is 0 Å². The molecule has 4 heteroatoms. The Morgan fingerprint density at radius 2 is 1.80 bits per heavy atom. The molecule has 2 heterocycles. The third kappa shape index (κ3) is 2.75. The fourth-order valence-corrected chi connectivity index (χ4v) is 2.50. The number of benzene rings is 1. The molecule has 0 unspecified atom stereocenters. The van der Waals surface area contributed by atoms with Gasteiger partial charge in [-0.05, 0) is 36.9 Å². The number of likely N-dealkylation sites (N-methyl/N-ethyl adjacent to an activating group) is 1. The van der Waals surface area contributed by atoms with Gasteiger partial charge in [-0.1, -0.05) is 12.1 Å². The number of anilines is 2. The van der Waals surface area contributed by atoms with Crippen LogP contribution in [-0.2, 0) is 0 Å². The Labute approximate surface area is 119 Å². The van der Waals surface area contributed by atoms with Crippen LogP contribution in [0, 0.1) is 0 Å². The zero-order valence-electron chi connectivity index (χ0n) is 11.8. The first-order valence-corrected chi connectivity index (χ1v) is 6.98. The molecule has 20 heavy (non-hydrogen) atoms. The van der Waals surface area contributed by atoms with E-state index in [1.165, 1.54) is 0 Å². The lowest BCUT2D eigenvalue weighted by atomic mass is 10.1. The molecular formula is C16H20N4. The van der Waals surface area contributed by atoms with Crippen LogP contribution in [0.25, 0.3) is 11.1 Å². The highest BCUT2D eigenvalue weighted by Crippen LogP contribution is 2.23. The molecule has 1 aliphatic rings. The summed E-state index contributed by atoms with van der Waals surface area (Å²) in [6.07, 6.45) is 1.93. The molecule has 2 N–H and O–H groups in total. The lowest BCUT2D eigenvalue weighted by Crippen LogP contribution is -2.44. The molecule has 0 atom stereocenters. The maximum Gasteiger partial charge on any atom is 0.128 e. The van der Waals surface area contributed by atoms with Gasteiger partial charge in [0.2, 0.25) is 0 Å². The maximum absolute atomic E-state index is 5.82. The highest BCUT2D eigenvalue weighted by atomic mass is 15.3. The molecule has 0 amide bonds. The standard InChI is InChI=1S/C16H20N4/c1-19-7-9-20(10-8-19)16-6-5-14(12-18-16)13-3-2-4-15(17)11-13/h2-6,11-12H,7-10,17H2,1H3. The Kier molecular flexibility index (Phi) is 3.56. The van der Waals surface area contributed by atoms with Crippen molar-refractivity contribution in [3.8, 4) is 11.1 Å². The fraction of sp³-hybridized carbons (Fsp3) is 0.312. The molecule has 0 radical (unpaired) electrons. The summed E-state index contributed by atoms with van der Waals surface area (Å²) >= 11 is 0. The van der Waals surface area contributed by atoms with Gasteiger partial charge < -0.3 is 15.5 Å². The molecule has 3 rings (SSSR count). The lowest BCUT2D eigenvalue weighted by molar-refractivity contribution is 0.312. The molecule has 1 aromatic heterocycles. The molecule has 4 nitrogen and oxygen atoms in total. The number of rotatable bonds is 2. The van der Waals surface area contributed by atoms with E-state index in [4.69, 9.17) is 5.73 Å². The summed E-state index contributed by atoms with van der Waals surface area (Å²) < 4.78 is 0. The van der Waals surface area contributed by atoms with Gasteiger partial charge in [0.05, 0.1) is 0 Å². The number of piperazine rings is 1. The third-order valence-electron chi connectivity index (χ3n) is 3.80. The van der Waals surface area contributed by atoms with Crippen LogP contribution in [0.3, 0.4) is 0 Å². The summed E-state index contributed by atoms with van der Waals surface area (Å²) in [7, 11) is 2.16. The predicted octanol–water partition coefficient (Wildman–Crippen LogP) is 2.08. The van der Waals surface area contributed by atoms with Gasteiger partial charge in [-0.15, -0.1) is 0 Å². The van der Waals surface area contributed by atoms with Crippen molar-refractivity contribution in [2.75, 3.05) is 43.9 Å². The van der Waals surface area contributed by atoms with E-state index in [-0.39, 0.29) is 0 Å². The zero-order valence-corrected chi connectivity index (χ0v) is 11.8. The number of hydrogen-bond donors (Lipinski definition) is 1. The van der Waals surface area contributed by atoms with Crippen molar-refractivity contribution >= 4 is 11.5 Å². The Bertz CT molecular complexity index is 571. The number of nitrogen functional groups attached to an aromatic ring is 1. The Balaban J connectivity index is 1.78. The second-order valence-corrected chi connectivity index (χ2v) is 5.32. The number of hydrogen-bond acceptors (Lipinski definition) is 4. The molecule has 0 aliphatic carbocycles. The molecule has 0 bridgehead atoms. The van der Waals surface area contributed by atoms with Crippen molar-refractivity contribution in [3.63, 3.8) is 0 Å². The van der Waals surface area contributed by atoms with Gasteiger partial charge >= 0.3 is 0 Å². The Hall–Kier alpha value is -2.07. The molecule has 1 aliphatic heterocycles. The zero-order chi connectivity index (χ0) is 13.9. The summed E-state index contributed by atoms with van der Waals surface area (Å²) in [5.41, 5.74) is 8.83. The predicted molar refractivity (Wildman–Crippen MR) is 83.8 cm³/mol. The van der Waals surface area contributed by atoms with Crippen LogP contribution in [-0.4, -0.2) is 43.1 Å². The molecule has 2 aromatic rings. The van der Waals surface area contributed by atoms with Crippen LogP contribution >= 0.6 is 0 Å². The van der Waals surface area contributed by atoms with Gasteiger partial charge in [-0.2, -0.15) is 0 Å². The van der Waals surface area contributed by atoms with Gasteiger partial charge in [0.1, 0.15) is 5.82 Å². The van der Waals surface area contributed by atoms with Gasteiger partial charge in [-0.3, -0.25) is 0 Å². The Morgan fingerprint density at radius 1 is 1.00 bits per heavy atom. The van der Waals surface area contributed by atoms with Crippen LogP contribution < -0.4 is 10.6 Å². The van der Waals surface area contributed by atoms with E-state index in [0.29, 0.717) is 0 Å². The molecule has 1 fully saturated rings. The molecular weight excluding hydrogens is 248 g/mol. The fourth-order valence-electron chi connectivity index (χ4n) is 2.50. The number of pyridine rings is 1. The SMILES string of the molecule is CN1CCN(c2ccc(-c3cccc(N)c3)cn2)CC1. The first kappa shape index (κ1) is 12.9. The third-order valence-corrected chi connectivity index (χ3v) is 3.80. The van der Waals surface area contributed by atoms with E-state index in [1.807, 2.05) is 24.4 Å². The minimum absolute atomic E-state index is 0.783. The highest BCUT2D eigenvalue weighted by molar-refractivity contribution is 5.67. The summed E-state index contributed by atoms with van der Waals surface area (Å²) in [4.78, 5) is 9.28. The van der Waals surface area contributed by atoms with E-state index < -0.39 is 0 Å². The van der Waals surface area contributed by atoms with E-state index in [0.717, 1.165) is 48.8 Å². The lowest BCUT2D eigenvalue weighted by Gasteiger charge is -2.33. The minimum Gasteiger partial charge on any atom is -0.399 e. The van der Waals surface area contributed by atoms with Gasteiger partial charge in [0.25, 0.3) is 0 Å². The summed E-state index contributed by atoms with van der Waals surface area (Å²) in [5, 5.41) is 0. The van der Waals surface area contributed by atoms with Crippen molar-refractivity contribution in [1.82, 2.24) is 9.88 Å². The van der Waals surface area contributed by atoms with E-state index >= 15 is 0 Å². The van der Waals surface area contributed by atoms with E-state index in [9.17, 15) is 0 Å². The number of nitrogens with zero attached hydrogens (tertiary/aromatic N) is 3. The van der Waals surface area contributed by atoms with Crippen molar-refractivity contribution in [2.45, 2.75) is 0 Å². The summed E-state index contributed by atoms with van der Waals surface area (Å²) in [5.74, 6) is 1.06. The van der Waals surface area contributed by atoms with Gasteiger partial charge in [-0.25, -0.2) is 4.98 Å².